The molecule has 0 aromatic carbocycles. The number of carbonyl (C=O) groups excluding carboxylic acids is 3. The van der Waals surface area contributed by atoms with Gasteiger partial charge in [-0.3, -0.25) is 4.90 Å². The minimum atomic E-state index is -0.624. The Labute approximate surface area is 93.8 Å². The van der Waals surface area contributed by atoms with Gasteiger partial charge in [-0.15, -0.1) is 0 Å². The Balaban J connectivity index is 4.15. The maximum atomic E-state index is 11.1. The Morgan fingerprint density at radius 2 is 2.00 bits per heavy atom. The quantitative estimate of drug-likeness (QED) is 0.374. The van der Waals surface area contributed by atoms with E-state index in [0.29, 0.717) is 6.29 Å². The molecule has 0 rings (SSSR count). The molecule has 0 aromatic heterocycles. The highest BCUT2D eigenvalue weighted by Gasteiger charge is 2.10. The molecule has 0 radical (unpaired) electrons. The topological polar surface area (TPSA) is 72.9 Å². The SMILES string of the molecule is CCOC(=O)C=CCN(CC=O)C(=O)OC. The van der Waals surface area contributed by atoms with Crippen LogP contribution in [-0.4, -0.2) is 50.1 Å². The van der Waals surface area contributed by atoms with Crippen LogP contribution >= 0.6 is 0 Å². The van der Waals surface area contributed by atoms with Crippen molar-refractivity contribution in [3.63, 3.8) is 0 Å². The molecule has 0 aromatic rings. The van der Waals surface area contributed by atoms with E-state index in [9.17, 15) is 14.4 Å². The second-order valence-corrected chi connectivity index (χ2v) is 2.70. The fourth-order valence-corrected chi connectivity index (χ4v) is 0.909. The lowest BCUT2D eigenvalue weighted by Crippen LogP contribution is -2.32. The number of hydrogen-bond donors (Lipinski definition) is 0. The second-order valence-electron chi connectivity index (χ2n) is 2.70. The molecule has 0 saturated heterocycles. The fourth-order valence-electron chi connectivity index (χ4n) is 0.909. The van der Waals surface area contributed by atoms with Gasteiger partial charge in [0.25, 0.3) is 0 Å². The summed E-state index contributed by atoms with van der Waals surface area (Å²) < 4.78 is 9.09. The number of nitrogens with zero attached hydrogens (tertiary/aromatic N) is 1. The molecule has 1 amide bonds. The molecule has 0 heterocycles. The molecule has 0 fully saturated rings. The van der Waals surface area contributed by atoms with Gasteiger partial charge in [-0.25, -0.2) is 9.59 Å². The van der Waals surface area contributed by atoms with E-state index in [4.69, 9.17) is 0 Å². The summed E-state index contributed by atoms with van der Waals surface area (Å²) in [6.45, 7) is 2.02. The van der Waals surface area contributed by atoms with E-state index >= 15 is 0 Å². The molecule has 0 bridgehead atoms. The summed E-state index contributed by atoms with van der Waals surface area (Å²) in [6, 6.07) is 0. The number of hydrogen-bond acceptors (Lipinski definition) is 5. The van der Waals surface area contributed by atoms with Gasteiger partial charge in [-0.1, -0.05) is 6.08 Å². The Kier molecular flexibility index (Phi) is 7.48. The van der Waals surface area contributed by atoms with E-state index in [1.54, 1.807) is 6.92 Å². The highest BCUT2D eigenvalue weighted by Crippen LogP contribution is 1.92. The lowest BCUT2D eigenvalue weighted by atomic mass is 10.4. The van der Waals surface area contributed by atoms with Crippen molar-refractivity contribution in [2.75, 3.05) is 26.8 Å². The third-order valence-electron chi connectivity index (χ3n) is 1.59. The molecule has 0 aliphatic heterocycles. The number of rotatable bonds is 6. The summed E-state index contributed by atoms with van der Waals surface area (Å²) in [6.07, 6.45) is 2.58. The van der Waals surface area contributed by atoms with E-state index in [-0.39, 0.29) is 19.7 Å². The molecule has 90 valence electrons. The number of aldehydes is 1. The van der Waals surface area contributed by atoms with E-state index in [1.165, 1.54) is 19.3 Å². The first-order chi connectivity index (χ1) is 7.65. The second kappa shape index (κ2) is 8.46. The van der Waals surface area contributed by atoms with Crippen molar-refractivity contribution < 1.29 is 23.9 Å². The van der Waals surface area contributed by atoms with Gasteiger partial charge in [0.05, 0.1) is 20.3 Å². The Morgan fingerprint density at radius 1 is 1.31 bits per heavy atom. The monoisotopic (exact) mass is 229 g/mol. The van der Waals surface area contributed by atoms with Crippen molar-refractivity contribution in [2.45, 2.75) is 6.92 Å². The highest BCUT2D eigenvalue weighted by atomic mass is 16.5. The van der Waals surface area contributed by atoms with Gasteiger partial charge in [0.15, 0.2) is 0 Å². The molecule has 0 atom stereocenters. The number of ether oxygens (including phenoxy) is 2. The van der Waals surface area contributed by atoms with Crippen LogP contribution in [0.4, 0.5) is 4.79 Å². The lowest BCUT2D eigenvalue weighted by Gasteiger charge is -2.15. The summed E-state index contributed by atoms with van der Waals surface area (Å²) in [5, 5.41) is 0. The largest absolute Gasteiger partial charge is 0.463 e. The molecule has 0 aliphatic rings. The van der Waals surface area contributed by atoms with Gasteiger partial charge < -0.3 is 14.3 Å². The third kappa shape index (κ3) is 5.79. The van der Waals surface area contributed by atoms with Crippen LogP contribution < -0.4 is 0 Å². The minimum Gasteiger partial charge on any atom is -0.463 e. The van der Waals surface area contributed by atoms with Crippen LogP contribution in [0.3, 0.4) is 0 Å². The maximum absolute atomic E-state index is 11.1. The summed E-state index contributed by atoms with van der Waals surface area (Å²) in [5.74, 6) is -0.488. The zero-order valence-electron chi connectivity index (χ0n) is 9.34. The van der Waals surface area contributed by atoms with Crippen LogP contribution in [0.25, 0.3) is 0 Å². The van der Waals surface area contributed by atoms with Gasteiger partial charge in [0.1, 0.15) is 6.29 Å². The third-order valence-corrected chi connectivity index (χ3v) is 1.59. The van der Waals surface area contributed by atoms with Gasteiger partial charge in [0, 0.05) is 12.6 Å². The van der Waals surface area contributed by atoms with Crippen molar-refractivity contribution in [2.24, 2.45) is 0 Å². The Bertz CT molecular complexity index is 274. The predicted molar refractivity (Wildman–Crippen MR) is 55.8 cm³/mol. The predicted octanol–water partition coefficient (Wildman–Crippen LogP) is 0.373. The summed E-state index contributed by atoms with van der Waals surface area (Å²) >= 11 is 0. The molecule has 0 spiro atoms. The Morgan fingerprint density at radius 3 is 2.50 bits per heavy atom. The highest BCUT2D eigenvalue weighted by molar-refractivity contribution is 5.82. The minimum absolute atomic E-state index is 0.0835. The van der Waals surface area contributed by atoms with Gasteiger partial charge in [-0.2, -0.15) is 0 Å². The first kappa shape index (κ1) is 14.2. The van der Waals surface area contributed by atoms with E-state index in [0.717, 1.165) is 4.90 Å². The number of methoxy groups -OCH3 is 1. The molecule has 6 nitrogen and oxygen atoms in total. The average molecular weight is 229 g/mol. The molecular weight excluding hydrogens is 214 g/mol. The van der Waals surface area contributed by atoms with Crippen LogP contribution in [0.2, 0.25) is 0 Å². The van der Waals surface area contributed by atoms with E-state index in [1.807, 2.05) is 0 Å². The normalized spacial score (nSPS) is 9.88. The van der Waals surface area contributed by atoms with Crippen molar-refractivity contribution in [3.05, 3.63) is 12.2 Å². The smallest absolute Gasteiger partial charge is 0.410 e. The van der Waals surface area contributed by atoms with Gasteiger partial charge in [-0.05, 0) is 6.92 Å². The summed E-state index contributed by atoms with van der Waals surface area (Å²) in [4.78, 5) is 33.4. The number of esters is 1. The molecule has 0 N–H and O–H groups in total. The first-order valence-corrected chi connectivity index (χ1v) is 4.75. The summed E-state index contributed by atoms with van der Waals surface area (Å²) in [7, 11) is 1.22. The maximum Gasteiger partial charge on any atom is 0.410 e. The van der Waals surface area contributed by atoms with Crippen molar-refractivity contribution in [3.8, 4) is 0 Å². The van der Waals surface area contributed by atoms with Gasteiger partial charge >= 0.3 is 12.1 Å². The van der Waals surface area contributed by atoms with E-state index in [2.05, 4.69) is 9.47 Å². The molecule has 0 unspecified atom stereocenters. The molecular formula is C10H15NO5. The van der Waals surface area contributed by atoms with Crippen LogP contribution in [0.5, 0.6) is 0 Å². The van der Waals surface area contributed by atoms with Crippen molar-refractivity contribution in [1.29, 1.82) is 0 Å². The fraction of sp³-hybridized carbons (Fsp3) is 0.500. The van der Waals surface area contributed by atoms with Crippen LogP contribution in [-0.2, 0) is 19.1 Å². The van der Waals surface area contributed by atoms with Crippen LogP contribution in [0, 0.1) is 0 Å². The van der Waals surface area contributed by atoms with Crippen LogP contribution in [0.1, 0.15) is 6.92 Å². The number of carbonyl (C=O) groups is 3. The van der Waals surface area contributed by atoms with Crippen LogP contribution in [0.15, 0.2) is 12.2 Å². The van der Waals surface area contributed by atoms with Crippen molar-refractivity contribution in [1.82, 2.24) is 4.90 Å². The zero-order chi connectivity index (χ0) is 12.4. The zero-order valence-corrected chi connectivity index (χ0v) is 9.34. The Hall–Kier alpha value is -1.85. The summed E-state index contributed by atoms with van der Waals surface area (Å²) in [5.41, 5.74) is 0. The average Bonchev–Trinajstić information content (AvgIpc) is 2.27. The van der Waals surface area contributed by atoms with E-state index < -0.39 is 12.1 Å². The lowest BCUT2D eigenvalue weighted by molar-refractivity contribution is -0.137. The molecule has 16 heavy (non-hydrogen) atoms. The number of amides is 1. The molecule has 0 aliphatic carbocycles. The van der Waals surface area contributed by atoms with Crippen molar-refractivity contribution >= 4 is 18.3 Å². The van der Waals surface area contributed by atoms with Gasteiger partial charge in [0.2, 0.25) is 0 Å². The molecule has 6 heteroatoms. The first-order valence-electron chi connectivity index (χ1n) is 4.75. The standard InChI is InChI=1S/C10H15NO5/c1-3-16-9(13)5-4-6-11(7-8-12)10(14)15-2/h4-5,8H,3,6-7H2,1-2H3. The molecule has 0 saturated carbocycles.